The minimum absolute atomic E-state index is 0.0556. The van der Waals surface area contributed by atoms with E-state index in [1.54, 1.807) is 6.92 Å². The van der Waals surface area contributed by atoms with Crippen LogP contribution in [0, 0.1) is 6.42 Å². The smallest absolute Gasteiger partial charge is 0.0118 e. The van der Waals surface area contributed by atoms with Gasteiger partial charge in [-0.25, -0.2) is 0 Å². The predicted octanol–water partition coefficient (Wildman–Crippen LogP) is -0.649. The third-order valence-corrected chi connectivity index (χ3v) is 0.371. The molecule has 0 aliphatic rings. The molecule has 0 N–H and O–H groups in total. The van der Waals surface area contributed by atoms with Crippen LogP contribution in [0.3, 0.4) is 0 Å². The van der Waals surface area contributed by atoms with E-state index in [9.17, 15) is 9.90 Å². The first-order chi connectivity index (χ1) is 2.77. The molecule has 0 aliphatic carbocycles. The lowest BCUT2D eigenvalue weighted by Gasteiger charge is -2.01. The molecular formula is C4H6O2-2. The van der Waals surface area contributed by atoms with Crippen molar-refractivity contribution in [2.24, 2.45) is 0 Å². The second-order valence-corrected chi connectivity index (χ2v) is 0.984. The summed E-state index contributed by atoms with van der Waals surface area (Å²) in [7, 11) is 0. The van der Waals surface area contributed by atoms with Gasteiger partial charge in [0.05, 0.1) is 0 Å². The molecule has 0 radical (unpaired) electrons. The van der Waals surface area contributed by atoms with Gasteiger partial charge in [-0.15, -0.1) is 6.42 Å². The Morgan fingerprint density at radius 3 is 2.50 bits per heavy atom. The molecule has 0 aromatic rings. The van der Waals surface area contributed by atoms with E-state index in [0.717, 1.165) is 0 Å². The summed E-state index contributed by atoms with van der Waals surface area (Å²) in [6.07, 6.45) is 1.59. The van der Waals surface area contributed by atoms with E-state index < -0.39 is 5.97 Å². The van der Waals surface area contributed by atoms with Gasteiger partial charge in [-0.2, -0.15) is 6.92 Å². The summed E-state index contributed by atoms with van der Waals surface area (Å²) in [5, 5.41) is 9.46. The number of hydrogen-bond acceptors (Lipinski definition) is 2. The number of carboxylic acid groups (broad SMARTS) is 1. The van der Waals surface area contributed by atoms with Crippen molar-refractivity contribution in [2.75, 3.05) is 0 Å². The number of carbonyl (C=O) groups is 1. The van der Waals surface area contributed by atoms with Crippen LogP contribution in [-0.2, 0) is 4.79 Å². The summed E-state index contributed by atoms with van der Waals surface area (Å²) in [4.78, 5) is 9.46. The fourth-order valence-electron chi connectivity index (χ4n) is 0.167. The second-order valence-electron chi connectivity index (χ2n) is 0.984. The molecule has 0 rings (SSSR count). The van der Waals surface area contributed by atoms with E-state index in [1.807, 2.05) is 0 Å². The van der Waals surface area contributed by atoms with Crippen molar-refractivity contribution in [3.05, 3.63) is 6.42 Å². The quantitative estimate of drug-likeness (QED) is 0.419. The lowest BCUT2D eigenvalue weighted by atomic mass is 10.4. The van der Waals surface area contributed by atoms with E-state index in [-0.39, 0.29) is 6.42 Å². The van der Waals surface area contributed by atoms with Crippen molar-refractivity contribution in [3.8, 4) is 0 Å². The van der Waals surface area contributed by atoms with Crippen LogP contribution in [-0.4, -0.2) is 5.97 Å². The summed E-state index contributed by atoms with van der Waals surface area (Å²) in [5.41, 5.74) is 0. The lowest BCUT2D eigenvalue weighted by Crippen LogP contribution is -2.21. The van der Waals surface area contributed by atoms with Crippen LogP contribution in [0.5, 0.6) is 0 Å². The molecule has 2 nitrogen and oxygen atoms in total. The monoisotopic (exact) mass is 86.0 g/mol. The van der Waals surface area contributed by atoms with Gasteiger partial charge in [0, 0.05) is 5.97 Å². The summed E-state index contributed by atoms with van der Waals surface area (Å²) in [5.74, 6) is -1.02. The van der Waals surface area contributed by atoms with E-state index >= 15 is 0 Å². The minimum Gasteiger partial charge on any atom is -0.553 e. The van der Waals surface area contributed by atoms with E-state index in [4.69, 9.17) is 0 Å². The highest BCUT2D eigenvalue weighted by atomic mass is 16.4. The maximum atomic E-state index is 9.46. The molecule has 0 spiro atoms. The lowest BCUT2D eigenvalue weighted by molar-refractivity contribution is -0.304. The number of carboxylic acids is 1. The molecule has 0 amide bonds. The van der Waals surface area contributed by atoms with Crippen LogP contribution < -0.4 is 5.11 Å². The average Bonchev–Trinajstić information content (AvgIpc) is 1.35. The van der Waals surface area contributed by atoms with Crippen molar-refractivity contribution >= 4 is 5.97 Å². The molecule has 0 unspecified atom stereocenters. The molecule has 0 heterocycles. The highest BCUT2D eigenvalue weighted by Crippen LogP contribution is 1.77. The first kappa shape index (κ1) is 5.47. The van der Waals surface area contributed by atoms with Crippen LogP contribution in [0.2, 0.25) is 0 Å². The Morgan fingerprint density at radius 2 is 2.50 bits per heavy atom. The summed E-state index contributed by atoms with van der Waals surface area (Å²) >= 11 is 0. The molecule has 0 fully saturated rings. The van der Waals surface area contributed by atoms with Crippen LogP contribution in [0.15, 0.2) is 0 Å². The van der Waals surface area contributed by atoms with Gasteiger partial charge >= 0.3 is 0 Å². The van der Waals surface area contributed by atoms with Crippen LogP contribution >= 0.6 is 0 Å². The SMILES string of the molecule is C[CH-]CC(=O)[O-]. The molecule has 0 aromatic carbocycles. The number of rotatable bonds is 2. The average molecular weight is 86.1 g/mol. The zero-order chi connectivity index (χ0) is 4.99. The molecule has 0 saturated heterocycles. The fourth-order valence-corrected chi connectivity index (χ4v) is 0.167. The third kappa shape index (κ3) is 3.47. The molecule has 0 aliphatic heterocycles. The van der Waals surface area contributed by atoms with Crippen LogP contribution in [0.1, 0.15) is 13.3 Å². The largest absolute Gasteiger partial charge is 0.553 e. The number of carbonyl (C=O) groups excluding carboxylic acids is 1. The van der Waals surface area contributed by atoms with Crippen LogP contribution in [0.25, 0.3) is 0 Å². The van der Waals surface area contributed by atoms with Crippen LogP contribution in [0.4, 0.5) is 0 Å². The van der Waals surface area contributed by atoms with Crippen molar-refractivity contribution in [2.45, 2.75) is 13.3 Å². The Kier molecular flexibility index (Phi) is 2.46. The second kappa shape index (κ2) is 2.69. The van der Waals surface area contributed by atoms with Gasteiger partial charge in [-0.1, -0.05) is 0 Å². The summed E-state index contributed by atoms with van der Waals surface area (Å²) in [6.45, 7) is 1.68. The molecule has 0 bridgehead atoms. The highest BCUT2D eigenvalue weighted by Gasteiger charge is 1.64. The zero-order valence-corrected chi connectivity index (χ0v) is 3.60. The predicted molar refractivity (Wildman–Crippen MR) is 19.6 cm³/mol. The van der Waals surface area contributed by atoms with Gasteiger partial charge in [-0.3, -0.25) is 0 Å². The first-order valence-electron chi connectivity index (χ1n) is 1.75. The molecule has 0 aromatic heterocycles. The summed E-state index contributed by atoms with van der Waals surface area (Å²) < 4.78 is 0. The van der Waals surface area contributed by atoms with E-state index in [1.165, 1.54) is 6.42 Å². The molecule has 6 heavy (non-hydrogen) atoms. The third-order valence-electron chi connectivity index (χ3n) is 0.371. The van der Waals surface area contributed by atoms with Crippen molar-refractivity contribution in [1.82, 2.24) is 0 Å². The zero-order valence-electron chi connectivity index (χ0n) is 3.60. The Hall–Kier alpha value is -0.530. The van der Waals surface area contributed by atoms with E-state index in [0.29, 0.717) is 0 Å². The maximum Gasteiger partial charge on any atom is 0.0118 e. The van der Waals surface area contributed by atoms with Gasteiger partial charge in [0.25, 0.3) is 0 Å². The fraction of sp³-hybridized carbons (Fsp3) is 0.500. The van der Waals surface area contributed by atoms with Crippen molar-refractivity contribution in [1.29, 1.82) is 0 Å². The Labute approximate surface area is 36.8 Å². The molecular weight excluding hydrogens is 80.0 g/mol. The minimum atomic E-state index is -1.02. The highest BCUT2D eigenvalue weighted by molar-refractivity contribution is 5.65. The van der Waals surface area contributed by atoms with Gasteiger partial charge in [-0.05, 0) is 0 Å². The molecule has 36 valence electrons. The Morgan fingerprint density at radius 1 is 2.00 bits per heavy atom. The number of hydrogen-bond donors (Lipinski definition) is 0. The maximum absolute atomic E-state index is 9.46. The summed E-state index contributed by atoms with van der Waals surface area (Å²) in [6, 6.07) is 0. The molecule has 2 heteroatoms. The first-order valence-corrected chi connectivity index (χ1v) is 1.75. The van der Waals surface area contributed by atoms with Crippen molar-refractivity contribution in [3.63, 3.8) is 0 Å². The van der Waals surface area contributed by atoms with Gasteiger partial charge in [0.2, 0.25) is 0 Å². The van der Waals surface area contributed by atoms with Gasteiger partial charge < -0.3 is 16.3 Å². The normalized spacial score (nSPS) is 8.17. The Bertz CT molecular complexity index is 49.5. The standard InChI is InChI=1S/C4H7O2/c1-2-3-4(5)6/h2H,3H2,1H3,(H,5,6)/q-1/p-1. The number of aliphatic carboxylic acids is 1. The Balaban J connectivity index is 2.83. The van der Waals surface area contributed by atoms with Gasteiger partial charge in [0.1, 0.15) is 0 Å². The van der Waals surface area contributed by atoms with Gasteiger partial charge in [0.15, 0.2) is 0 Å². The molecule has 0 atom stereocenters. The van der Waals surface area contributed by atoms with Crippen molar-refractivity contribution < 1.29 is 9.90 Å². The molecule has 0 saturated carbocycles. The topological polar surface area (TPSA) is 40.1 Å². The van der Waals surface area contributed by atoms with E-state index in [2.05, 4.69) is 0 Å².